The van der Waals surface area contributed by atoms with Gasteiger partial charge >= 0.3 is 6.03 Å². The summed E-state index contributed by atoms with van der Waals surface area (Å²) < 4.78 is 0. The molecule has 21 heavy (non-hydrogen) atoms. The number of anilines is 2. The highest BCUT2D eigenvalue weighted by Gasteiger charge is 2.05. The highest BCUT2D eigenvalue weighted by Crippen LogP contribution is 2.19. The summed E-state index contributed by atoms with van der Waals surface area (Å²) in [7, 11) is 0. The number of benzene rings is 2. The van der Waals surface area contributed by atoms with Gasteiger partial charge in [0.2, 0.25) is 0 Å². The zero-order valence-electron chi connectivity index (χ0n) is 12.8. The first-order valence-electron chi connectivity index (χ1n) is 7.35. The Kier molecular flexibility index (Phi) is 4.99. The number of urea groups is 1. The Bertz CT molecular complexity index is 603. The van der Waals surface area contributed by atoms with Crippen LogP contribution in [0.5, 0.6) is 0 Å². The maximum Gasteiger partial charge on any atom is 0.323 e. The Morgan fingerprint density at radius 3 is 2.29 bits per heavy atom. The minimum atomic E-state index is -0.222. The molecule has 2 aromatic carbocycles. The third-order valence-corrected chi connectivity index (χ3v) is 3.43. The van der Waals surface area contributed by atoms with Gasteiger partial charge in [-0.3, -0.25) is 0 Å². The largest absolute Gasteiger partial charge is 0.323 e. The van der Waals surface area contributed by atoms with E-state index in [4.69, 9.17) is 0 Å². The number of carbonyl (C=O) groups excluding carboxylic acids is 1. The lowest BCUT2D eigenvalue weighted by molar-refractivity contribution is 0.262. The number of aryl methyl sites for hydroxylation is 1. The third kappa shape index (κ3) is 4.35. The molecule has 3 heteroatoms. The molecule has 0 fully saturated rings. The van der Waals surface area contributed by atoms with Gasteiger partial charge in [0.1, 0.15) is 0 Å². The van der Waals surface area contributed by atoms with Crippen LogP contribution in [-0.2, 0) is 6.42 Å². The van der Waals surface area contributed by atoms with E-state index in [9.17, 15) is 4.79 Å². The van der Waals surface area contributed by atoms with Crippen LogP contribution >= 0.6 is 0 Å². The summed E-state index contributed by atoms with van der Waals surface area (Å²) in [6, 6.07) is 15.6. The van der Waals surface area contributed by atoms with Crippen LogP contribution in [0, 0.1) is 0 Å². The lowest BCUT2D eigenvalue weighted by atomic mass is 10.0. The molecule has 0 bridgehead atoms. The van der Waals surface area contributed by atoms with Crippen LogP contribution in [0.4, 0.5) is 16.2 Å². The number of nitrogens with one attached hydrogen (secondary N) is 2. The maximum absolute atomic E-state index is 12.0. The fourth-order valence-electron chi connectivity index (χ4n) is 2.09. The third-order valence-electron chi connectivity index (χ3n) is 3.43. The Labute approximate surface area is 126 Å². The van der Waals surface area contributed by atoms with Gasteiger partial charge in [-0.05, 0) is 47.7 Å². The van der Waals surface area contributed by atoms with Crippen LogP contribution in [0.1, 0.15) is 37.8 Å². The first-order valence-corrected chi connectivity index (χ1v) is 7.35. The molecule has 0 saturated heterocycles. The van der Waals surface area contributed by atoms with Crippen molar-refractivity contribution in [3.63, 3.8) is 0 Å². The Hall–Kier alpha value is -2.29. The number of carbonyl (C=O) groups is 1. The molecule has 0 saturated carbocycles. The predicted octanol–water partition coefficient (Wildman–Crippen LogP) is 5.02. The van der Waals surface area contributed by atoms with Crippen molar-refractivity contribution >= 4 is 17.4 Å². The second-order valence-electron chi connectivity index (χ2n) is 5.41. The van der Waals surface area contributed by atoms with Gasteiger partial charge in [-0.25, -0.2) is 4.79 Å². The monoisotopic (exact) mass is 282 g/mol. The molecule has 2 N–H and O–H groups in total. The first kappa shape index (κ1) is 15.1. The summed E-state index contributed by atoms with van der Waals surface area (Å²) in [4.78, 5) is 12.0. The standard InChI is InChI=1S/C18H22N2O/c1-4-14-8-10-16(11-9-14)19-18(21)20-17-7-5-6-15(12-17)13(2)3/h5-13H,4H2,1-3H3,(H2,19,20,21). The number of rotatable bonds is 4. The Morgan fingerprint density at radius 1 is 1.00 bits per heavy atom. The second-order valence-corrected chi connectivity index (χ2v) is 5.41. The molecule has 2 rings (SSSR count). The van der Waals surface area contributed by atoms with E-state index in [1.165, 1.54) is 11.1 Å². The molecule has 0 unspecified atom stereocenters. The van der Waals surface area contributed by atoms with Crippen LogP contribution in [0.25, 0.3) is 0 Å². The van der Waals surface area contributed by atoms with E-state index in [0.29, 0.717) is 5.92 Å². The summed E-state index contributed by atoms with van der Waals surface area (Å²) in [5.74, 6) is 0.441. The average Bonchev–Trinajstić information content (AvgIpc) is 2.48. The molecule has 0 heterocycles. The van der Waals surface area contributed by atoms with E-state index < -0.39 is 0 Å². The van der Waals surface area contributed by atoms with Gasteiger partial charge in [-0.1, -0.05) is 45.0 Å². The summed E-state index contributed by atoms with van der Waals surface area (Å²) in [6.45, 7) is 6.37. The van der Waals surface area contributed by atoms with Crippen LogP contribution in [0.15, 0.2) is 48.5 Å². The predicted molar refractivity (Wildman–Crippen MR) is 89.0 cm³/mol. The molecule has 0 aliphatic carbocycles. The second kappa shape index (κ2) is 6.93. The van der Waals surface area contributed by atoms with E-state index in [-0.39, 0.29) is 6.03 Å². The molecule has 0 radical (unpaired) electrons. The van der Waals surface area contributed by atoms with Crippen molar-refractivity contribution in [3.8, 4) is 0 Å². The van der Waals surface area contributed by atoms with E-state index in [0.717, 1.165) is 17.8 Å². The zero-order valence-corrected chi connectivity index (χ0v) is 12.8. The van der Waals surface area contributed by atoms with Gasteiger partial charge in [0.25, 0.3) is 0 Å². The molecular weight excluding hydrogens is 260 g/mol. The Morgan fingerprint density at radius 2 is 1.67 bits per heavy atom. The van der Waals surface area contributed by atoms with Gasteiger partial charge in [-0.15, -0.1) is 0 Å². The molecule has 110 valence electrons. The van der Waals surface area contributed by atoms with Crippen molar-refractivity contribution in [1.82, 2.24) is 0 Å². The quantitative estimate of drug-likeness (QED) is 0.812. The summed E-state index contributed by atoms with van der Waals surface area (Å²) in [5, 5.41) is 5.70. The van der Waals surface area contributed by atoms with E-state index >= 15 is 0 Å². The van der Waals surface area contributed by atoms with Crippen LogP contribution < -0.4 is 10.6 Å². The highest BCUT2D eigenvalue weighted by atomic mass is 16.2. The van der Waals surface area contributed by atoms with Crippen LogP contribution in [0.3, 0.4) is 0 Å². The molecule has 0 atom stereocenters. The molecule has 0 aromatic heterocycles. The number of hydrogen-bond acceptors (Lipinski definition) is 1. The first-order chi connectivity index (χ1) is 10.1. The minimum absolute atomic E-state index is 0.222. The lowest BCUT2D eigenvalue weighted by Crippen LogP contribution is -2.19. The van der Waals surface area contributed by atoms with Crippen LogP contribution in [0.2, 0.25) is 0 Å². The van der Waals surface area contributed by atoms with E-state index in [2.05, 4.69) is 37.5 Å². The molecule has 3 nitrogen and oxygen atoms in total. The molecule has 0 spiro atoms. The average molecular weight is 282 g/mol. The maximum atomic E-state index is 12.0. The highest BCUT2D eigenvalue weighted by molar-refractivity contribution is 5.99. The number of hydrogen-bond donors (Lipinski definition) is 2. The van der Waals surface area contributed by atoms with Gasteiger partial charge in [0, 0.05) is 11.4 Å². The van der Waals surface area contributed by atoms with Crippen molar-refractivity contribution < 1.29 is 4.79 Å². The van der Waals surface area contributed by atoms with Gasteiger partial charge < -0.3 is 10.6 Å². The zero-order chi connectivity index (χ0) is 15.2. The molecule has 2 aromatic rings. The summed E-state index contributed by atoms with van der Waals surface area (Å²) in [5.41, 5.74) is 4.07. The number of amides is 2. The summed E-state index contributed by atoms with van der Waals surface area (Å²) >= 11 is 0. The molecule has 0 aliphatic heterocycles. The fourth-order valence-corrected chi connectivity index (χ4v) is 2.09. The summed E-state index contributed by atoms with van der Waals surface area (Å²) in [6.07, 6.45) is 0.995. The SMILES string of the molecule is CCc1ccc(NC(=O)Nc2cccc(C(C)C)c2)cc1. The van der Waals surface area contributed by atoms with Crippen molar-refractivity contribution in [1.29, 1.82) is 0 Å². The normalized spacial score (nSPS) is 10.5. The lowest BCUT2D eigenvalue weighted by Gasteiger charge is -2.11. The van der Waals surface area contributed by atoms with Gasteiger partial charge in [0.05, 0.1) is 0 Å². The molecular formula is C18H22N2O. The fraction of sp³-hybridized carbons (Fsp3) is 0.278. The minimum Gasteiger partial charge on any atom is -0.308 e. The van der Waals surface area contributed by atoms with Gasteiger partial charge in [0.15, 0.2) is 0 Å². The van der Waals surface area contributed by atoms with Crippen molar-refractivity contribution in [2.45, 2.75) is 33.1 Å². The van der Waals surface area contributed by atoms with Crippen molar-refractivity contribution in [2.75, 3.05) is 10.6 Å². The smallest absolute Gasteiger partial charge is 0.308 e. The van der Waals surface area contributed by atoms with Crippen molar-refractivity contribution in [3.05, 3.63) is 59.7 Å². The van der Waals surface area contributed by atoms with E-state index in [1.807, 2.05) is 42.5 Å². The van der Waals surface area contributed by atoms with Crippen LogP contribution in [-0.4, -0.2) is 6.03 Å². The van der Waals surface area contributed by atoms with Crippen molar-refractivity contribution in [2.24, 2.45) is 0 Å². The van der Waals surface area contributed by atoms with Gasteiger partial charge in [-0.2, -0.15) is 0 Å². The molecule has 0 aliphatic rings. The molecule has 2 amide bonds. The topological polar surface area (TPSA) is 41.1 Å². The van der Waals surface area contributed by atoms with E-state index in [1.54, 1.807) is 0 Å². The Balaban J connectivity index is 1.99.